The minimum absolute atomic E-state index is 0.0277. The summed E-state index contributed by atoms with van der Waals surface area (Å²) in [4.78, 5) is 33.0. The van der Waals surface area contributed by atoms with Gasteiger partial charge in [0, 0.05) is 48.1 Å². The maximum atomic E-state index is 14.4. The maximum absolute atomic E-state index is 14.4. The van der Waals surface area contributed by atoms with E-state index in [4.69, 9.17) is 10.5 Å². The molecule has 0 bridgehead atoms. The molecule has 4 rings (SSSR count). The first-order chi connectivity index (χ1) is 22.5. The standard InChI is InChI=1S/C38H51N5O4/c1-24(2)13-8-7-9-18-43-36-30(16-11-17-40-36)33(27-14-10-15-29(21-27)47-20-12-19-44)35(37(43)45)42-38(46)41-34-31(25(3)4)22-28(39)23-32(34)26(5)6/h10-11,14-17,21-26,44H,7-9,12-13,18-20,39H2,1-6H3,(H2,41,42,46). The Kier molecular flexibility index (Phi) is 12.4. The molecule has 2 amide bonds. The molecule has 2 aromatic heterocycles. The van der Waals surface area contributed by atoms with E-state index in [9.17, 15) is 14.7 Å². The largest absolute Gasteiger partial charge is 0.493 e. The Labute approximate surface area is 278 Å². The van der Waals surface area contributed by atoms with E-state index in [-0.39, 0.29) is 29.7 Å². The number of benzene rings is 2. The second-order valence-corrected chi connectivity index (χ2v) is 13.2. The first-order valence-corrected chi connectivity index (χ1v) is 16.9. The van der Waals surface area contributed by atoms with Crippen molar-refractivity contribution < 1.29 is 14.6 Å². The van der Waals surface area contributed by atoms with Crippen molar-refractivity contribution in [2.45, 2.75) is 92.0 Å². The van der Waals surface area contributed by atoms with Gasteiger partial charge in [0.15, 0.2) is 0 Å². The average molecular weight is 642 g/mol. The van der Waals surface area contributed by atoms with Gasteiger partial charge in [-0.3, -0.25) is 9.36 Å². The molecule has 47 heavy (non-hydrogen) atoms. The molecule has 5 N–H and O–H groups in total. The summed E-state index contributed by atoms with van der Waals surface area (Å²) in [5.41, 5.74) is 11.2. The van der Waals surface area contributed by atoms with E-state index in [1.807, 2.05) is 48.5 Å². The Morgan fingerprint density at radius 2 is 1.62 bits per heavy atom. The fourth-order valence-electron chi connectivity index (χ4n) is 5.92. The number of carbonyl (C=O) groups is 1. The number of aromatic nitrogens is 2. The number of urea groups is 1. The second kappa shape index (κ2) is 16.5. The van der Waals surface area contributed by atoms with Gasteiger partial charge in [0.05, 0.1) is 6.61 Å². The van der Waals surface area contributed by atoms with Crippen LogP contribution in [0.15, 0.2) is 59.5 Å². The van der Waals surface area contributed by atoms with Crippen LogP contribution in [0.25, 0.3) is 22.2 Å². The molecule has 0 aliphatic rings. The number of anilines is 3. The van der Waals surface area contributed by atoms with Gasteiger partial charge in [-0.1, -0.05) is 72.9 Å². The number of hydrogen-bond donors (Lipinski definition) is 4. The van der Waals surface area contributed by atoms with Crippen LogP contribution in [0.3, 0.4) is 0 Å². The van der Waals surface area contributed by atoms with Gasteiger partial charge in [-0.05, 0) is 77.3 Å². The number of aryl methyl sites for hydroxylation is 1. The molecule has 0 radical (unpaired) electrons. The minimum atomic E-state index is -0.515. The summed E-state index contributed by atoms with van der Waals surface area (Å²) in [6.45, 7) is 13.5. The third-order valence-corrected chi connectivity index (χ3v) is 8.32. The molecule has 0 aliphatic carbocycles. The predicted octanol–water partition coefficient (Wildman–Crippen LogP) is 8.51. The third kappa shape index (κ3) is 8.92. The predicted molar refractivity (Wildman–Crippen MR) is 194 cm³/mol. The van der Waals surface area contributed by atoms with E-state index in [0.717, 1.165) is 42.2 Å². The average Bonchev–Trinajstić information content (AvgIpc) is 3.03. The molecule has 0 spiro atoms. The lowest BCUT2D eigenvalue weighted by atomic mass is 9.92. The lowest BCUT2D eigenvalue weighted by molar-refractivity contribution is 0.233. The molecule has 0 atom stereocenters. The van der Waals surface area contributed by atoms with Gasteiger partial charge in [0.1, 0.15) is 17.1 Å². The van der Waals surface area contributed by atoms with Gasteiger partial charge in [-0.25, -0.2) is 9.78 Å². The van der Waals surface area contributed by atoms with Gasteiger partial charge in [-0.2, -0.15) is 0 Å². The zero-order valence-corrected chi connectivity index (χ0v) is 28.7. The number of pyridine rings is 2. The van der Waals surface area contributed by atoms with Crippen LogP contribution in [0.1, 0.15) is 96.6 Å². The first-order valence-electron chi connectivity index (χ1n) is 16.9. The normalized spacial score (nSPS) is 11.5. The highest BCUT2D eigenvalue weighted by Crippen LogP contribution is 2.37. The number of rotatable bonds is 15. The van der Waals surface area contributed by atoms with Crippen LogP contribution in [0.4, 0.5) is 21.9 Å². The number of nitrogens with two attached hydrogens (primary N) is 1. The van der Waals surface area contributed by atoms with Crippen molar-refractivity contribution in [1.29, 1.82) is 0 Å². The van der Waals surface area contributed by atoms with Crippen LogP contribution in [0, 0.1) is 5.92 Å². The monoisotopic (exact) mass is 641 g/mol. The fraction of sp³-hybridized carbons (Fsp3) is 0.447. The number of aliphatic hydroxyl groups is 1. The van der Waals surface area contributed by atoms with Gasteiger partial charge < -0.3 is 26.2 Å². The molecule has 4 aromatic rings. The van der Waals surface area contributed by atoms with Crippen molar-refractivity contribution in [3.63, 3.8) is 0 Å². The number of nitrogen functional groups attached to an aromatic ring is 1. The van der Waals surface area contributed by atoms with Gasteiger partial charge in [0.25, 0.3) is 5.56 Å². The Hall–Kier alpha value is -4.37. The Morgan fingerprint density at radius 3 is 2.28 bits per heavy atom. The summed E-state index contributed by atoms with van der Waals surface area (Å²) >= 11 is 0. The number of unbranched alkanes of at least 4 members (excludes halogenated alkanes) is 2. The second-order valence-electron chi connectivity index (χ2n) is 13.2. The first kappa shape index (κ1) is 35.5. The maximum Gasteiger partial charge on any atom is 0.323 e. The van der Waals surface area contributed by atoms with Crippen LogP contribution in [0.5, 0.6) is 5.75 Å². The summed E-state index contributed by atoms with van der Waals surface area (Å²) in [7, 11) is 0. The van der Waals surface area contributed by atoms with Crippen LogP contribution < -0.4 is 26.7 Å². The molecule has 0 unspecified atom stereocenters. The molecule has 0 saturated carbocycles. The Balaban J connectivity index is 1.83. The molecule has 0 aliphatic heterocycles. The molecule has 0 saturated heterocycles. The van der Waals surface area contributed by atoms with Crippen LogP contribution >= 0.6 is 0 Å². The fourth-order valence-corrected chi connectivity index (χ4v) is 5.92. The van der Waals surface area contributed by atoms with Crippen molar-refractivity contribution in [3.05, 3.63) is 76.2 Å². The summed E-state index contributed by atoms with van der Waals surface area (Å²) in [5, 5.41) is 16.0. The number of hydrogen-bond acceptors (Lipinski definition) is 6. The van der Waals surface area contributed by atoms with Crippen molar-refractivity contribution in [2.24, 2.45) is 5.92 Å². The molecule has 9 nitrogen and oxygen atoms in total. The smallest absolute Gasteiger partial charge is 0.323 e. The van der Waals surface area contributed by atoms with E-state index in [2.05, 4.69) is 57.2 Å². The topological polar surface area (TPSA) is 132 Å². The molecular formula is C38H51N5O4. The third-order valence-electron chi connectivity index (χ3n) is 8.32. The molecule has 2 aromatic carbocycles. The van der Waals surface area contributed by atoms with E-state index in [1.54, 1.807) is 10.8 Å². The molecule has 252 valence electrons. The number of nitrogens with zero attached hydrogens (tertiary/aromatic N) is 2. The molecule has 9 heteroatoms. The van der Waals surface area contributed by atoms with E-state index in [0.29, 0.717) is 59.4 Å². The van der Waals surface area contributed by atoms with E-state index < -0.39 is 6.03 Å². The summed E-state index contributed by atoms with van der Waals surface area (Å²) < 4.78 is 7.57. The highest BCUT2D eigenvalue weighted by molar-refractivity contribution is 6.08. The van der Waals surface area contributed by atoms with E-state index >= 15 is 0 Å². The number of fused-ring (bicyclic) bond motifs is 1. The van der Waals surface area contributed by atoms with Crippen molar-refractivity contribution in [1.82, 2.24) is 9.55 Å². The summed E-state index contributed by atoms with van der Waals surface area (Å²) in [6, 6.07) is 14.5. The van der Waals surface area contributed by atoms with Crippen LogP contribution in [-0.2, 0) is 6.54 Å². The number of carbonyl (C=O) groups excluding carboxylic acids is 1. The zero-order valence-electron chi connectivity index (χ0n) is 28.7. The van der Waals surface area contributed by atoms with Gasteiger partial charge >= 0.3 is 6.03 Å². The SMILES string of the molecule is CC(C)CCCCCn1c(=O)c(NC(=O)Nc2c(C(C)C)cc(N)cc2C(C)C)c(-c2cccc(OCCCO)c2)c2cccnc21. The number of aliphatic hydroxyl groups excluding tert-OH is 1. The van der Waals surface area contributed by atoms with Crippen molar-refractivity contribution in [2.75, 3.05) is 29.6 Å². The summed E-state index contributed by atoms with van der Waals surface area (Å²) in [6.07, 6.45) is 6.22. The van der Waals surface area contributed by atoms with Crippen LogP contribution in [-0.4, -0.2) is 33.9 Å². The number of nitrogens with one attached hydrogen (secondary N) is 2. The molecule has 0 fully saturated rings. The Bertz CT molecular complexity index is 1700. The van der Waals surface area contributed by atoms with Crippen molar-refractivity contribution >= 4 is 34.1 Å². The van der Waals surface area contributed by atoms with E-state index in [1.165, 1.54) is 0 Å². The lowest BCUT2D eigenvalue weighted by Crippen LogP contribution is -2.30. The number of ether oxygens (including phenoxy) is 1. The molecular weight excluding hydrogens is 590 g/mol. The molecule has 2 heterocycles. The van der Waals surface area contributed by atoms with Gasteiger partial charge in [0.2, 0.25) is 0 Å². The number of amides is 2. The Morgan fingerprint density at radius 1 is 0.915 bits per heavy atom. The van der Waals surface area contributed by atoms with Crippen molar-refractivity contribution in [3.8, 4) is 16.9 Å². The highest BCUT2D eigenvalue weighted by atomic mass is 16.5. The highest BCUT2D eigenvalue weighted by Gasteiger charge is 2.23. The van der Waals surface area contributed by atoms with Crippen LogP contribution in [0.2, 0.25) is 0 Å². The van der Waals surface area contributed by atoms with Gasteiger partial charge in [-0.15, -0.1) is 0 Å². The quantitative estimate of drug-likeness (QED) is 0.0760. The zero-order chi connectivity index (χ0) is 34.1. The minimum Gasteiger partial charge on any atom is -0.493 e. The lowest BCUT2D eigenvalue weighted by Gasteiger charge is -2.22. The summed E-state index contributed by atoms with van der Waals surface area (Å²) in [5.74, 6) is 1.44.